The molecule has 5 nitrogen and oxygen atoms in total. The summed E-state index contributed by atoms with van der Waals surface area (Å²) in [5.74, 6) is 1.70. The molecule has 1 saturated heterocycles. The van der Waals surface area contributed by atoms with E-state index < -0.39 is 0 Å². The number of rotatable bonds is 6. The van der Waals surface area contributed by atoms with Gasteiger partial charge in [0.05, 0.1) is 0 Å². The normalized spacial score (nSPS) is 15.5. The molecule has 1 aliphatic heterocycles. The summed E-state index contributed by atoms with van der Waals surface area (Å²) in [7, 11) is 1.78. The van der Waals surface area contributed by atoms with Crippen molar-refractivity contribution in [2.45, 2.75) is 31.7 Å². The molecule has 0 saturated carbocycles. The largest absolute Gasteiger partial charge is 0.356 e. The van der Waals surface area contributed by atoms with Crippen LogP contribution in [0, 0.1) is 5.82 Å². The van der Waals surface area contributed by atoms with E-state index in [1.54, 1.807) is 7.05 Å². The molecule has 1 aliphatic rings. The Morgan fingerprint density at radius 2 is 2.11 bits per heavy atom. The van der Waals surface area contributed by atoms with Crippen LogP contribution in [-0.4, -0.2) is 43.7 Å². The first-order valence-electron chi connectivity index (χ1n) is 9.73. The van der Waals surface area contributed by atoms with Gasteiger partial charge < -0.3 is 15.5 Å². The number of hydrogen-bond donors (Lipinski definition) is 2. The van der Waals surface area contributed by atoms with Gasteiger partial charge in [-0.05, 0) is 55.5 Å². The number of aromatic nitrogens is 1. The number of pyridine rings is 1. The number of benzene rings is 1. The van der Waals surface area contributed by atoms with Gasteiger partial charge in [0.2, 0.25) is 0 Å². The zero-order valence-corrected chi connectivity index (χ0v) is 17.8. The van der Waals surface area contributed by atoms with Crippen LogP contribution in [-0.2, 0) is 6.42 Å². The number of anilines is 1. The first-order valence-corrected chi connectivity index (χ1v) is 10.5. The summed E-state index contributed by atoms with van der Waals surface area (Å²) in [4.78, 5) is 11.1. The molecule has 2 aromatic rings. The molecule has 0 unspecified atom stereocenters. The molecule has 3 rings (SSSR count). The van der Waals surface area contributed by atoms with Crippen LogP contribution >= 0.6 is 15.9 Å². The quantitative estimate of drug-likeness (QED) is 0.402. The van der Waals surface area contributed by atoms with E-state index in [9.17, 15) is 4.39 Å². The van der Waals surface area contributed by atoms with Gasteiger partial charge >= 0.3 is 0 Å². The number of hydrogen-bond acceptors (Lipinski definition) is 3. The zero-order chi connectivity index (χ0) is 19.8. The second-order valence-corrected chi connectivity index (χ2v) is 7.85. The highest BCUT2D eigenvalue weighted by Gasteiger charge is 2.20. The lowest BCUT2D eigenvalue weighted by Gasteiger charge is -2.33. The highest BCUT2D eigenvalue weighted by Crippen LogP contribution is 2.18. The number of nitrogens with zero attached hydrogens (tertiary/aromatic N) is 3. The van der Waals surface area contributed by atoms with E-state index in [0.717, 1.165) is 60.7 Å². The molecular formula is C21H27BrFN5. The second kappa shape index (κ2) is 10.4. The van der Waals surface area contributed by atoms with Gasteiger partial charge in [-0.3, -0.25) is 4.99 Å². The van der Waals surface area contributed by atoms with E-state index in [4.69, 9.17) is 0 Å². The van der Waals surface area contributed by atoms with Crippen LogP contribution in [0.4, 0.5) is 10.2 Å². The lowest BCUT2D eigenvalue weighted by molar-refractivity contribution is 0.459. The summed E-state index contributed by atoms with van der Waals surface area (Å²) in [6.45, 7) is 2.71. The minimum absolute atomic E-state index is 0.156. The van der Waals surface area contributed by atoms with Crippen molar-refractivity contribution in [2.75, 3.05) is 31.6 Å². The minimum atomic E-state index is -0.156. The van der Waals surface area contributed by atoms with Crippen molar-refractivity contribution in [3.05, 3.63) is 58.4 Å². The number of aryl methyl sites for hydroxylation is 1. The van der Waals surface area contributed by atoms with Gasteiger partial charge in [-0.15, -0.1) is 0 Å². The molecule has 150 valence electrons. The molecule has 0 aliphatic carbocycles. The molecular weight excluding hydrogens is 421 g/mol. The smallest absolute Gasteiger partial charge is 0.191 e. The van der Waals surface area contributed by atoms with Crippen molar-refractivity contribution >= 4 is 27.7 Å². The van der Waals surface area contributed by atoms with Gasteiger partial charge in [0, 0.05) is 43.4 Å². The number of nitrogens with one attached hydrogen (secondary N) is 2. The lowest BCUT2D eigenvalue weighted by atomic mass is 10.1. The molecule has 0 bridgehead atoms. The fourth-order valence-electron chi connectivity index (χ4n) is 3.39. The predicted molar refractivity (Wildman–Crippen MR) is 116 cm³/mol. The Bertz CT molecular complexity index is 776. The van der Waals surface area contributed by atoms with E-state index in [2.05, 4.69) is 47.5 Å². The number of halogens is 2. The third-order valence-electron chi connectivity index (χ3n) is 4.96. The molecule has 2 heterocycles. The van der Waals surface area contributed by atoms with Gasteiger partial charge in [-0.2, -0.15) is 0 Å². The summed E-state index contributed by atoms with van der Waals surface area (Å²) < 4.78 is 14.6. The fraction of sp³-hybridized carbons (Fsp3) is 0.429. The Labute approximate surface area is 174 Å². The van der Waals surface area contributed by atoms with Crippen LogP contribution in [0.3, 0.4) is 0 Å². The predicted octanol–water partition coefficient (Wildman–Crippen LogP) is 3.75. The Balaban J connectivity index is 1.38. The SMILES string of the molecule is CN=C(NCCCc1ccc(Br)cc1F)NC1CCN(c2ccccn2)CC1. The second-order valence-electron chi connectivity index (χ2n) is 6.93. The highest BCUT2D eigenvalue weighted by atomic mass is 79.9. The van der Waals surface area contributed by atoms with Crippen LogP contribution in [0.15, 0.2) is 52.1 Å². The number of guanidine groups is 1. The summed E-state index contributed by atoms with van der Waals surface area (Å²) >= 11 is 3.29. The molecule has 1 aromatic heterocycles. The van der Waals surface area contributed by atoms with Crippen LogP contribution in [0.25, 0.3) is 0 Å². The maximum atomic E-state index is 13.9. The molecule has 0 atom stereocenters. The van der Waals surface area contributed by atoms with Crippen LogP contribution in [0.1, 0.15) is 24.8 Å². The van der Waals surface area contributed by atoms with E-state index in [1.807, 2.05) is 30.5 Å². The van der Waals surface area contributed by atoms with E-state index in [-0.39, 0.29) is 5.82 Å². The number of piperidine rings is 1. The standard InChI is InChI=1S/C21H27BrFN5/c1-24-21(26-12-4-5-16-7-8-17(22)15-19(16)23)27-18-9-13-28(14-10-18)20-6-2-3-11-25-20/h2-3,6-8,11,15,18H,4-5,9-10,12-14H2,1H3,(H2,24,26,27). The Hall–Kier alpha value is -2.15. The maximum absolute atomic E-state index is 13.9. The van der Waals surface area contributed by atoms with Gasteiger partial charge in [0.1, 0.15) is 11.6 Å². The molecule has 0 spiro atoms. The van der Waals surface area contributed by atoms with Crippen LogP contribution < -0.4 is 15.5 Å². The summed E-state index contributed by atoms with van der Waals surface area (Å²) in [5.41, 5.74) is 0.745. The van der Waals surface area contributed by atoms with E-state index in [1.165, 1.54) is 6.07 Å². The third-order valence-corrected chi connectivity index (χ3v) is 5.46. The average molecular weight is 448 g/mol. The van der Waals surface area contributed by atoms with Crippen molar-refractivity contribution < 1.29 is 4.39 Å². The zero-order valence-electron chi connectivity index (χ0n) is 16.2. The van der Waals surface area contributed by atoms with Crippen molar-refractivity contribution in [3.8, 4) is 0 Å². The summed E-state index contributed by atoms with van der Waals surface area (Å²) in [6, 6.07) is 11.7. The Kier molecular flexibility index (Phi) is 7.65. The van der Waals surface area contributed by atoms with Gasteiger partial charge in [0.25, 0.3) is 0 Å². The van der Waals surface area contributed by atoms with Crippen LogP contribution in [0.5, 0.6) is 0 Å². The minimum Gasteiger partial charge on any atom is -0.356 e. The van der Waals surface area contributed by atoms with Crippen molar-refractivity contribution in [3.63, 3.8) is 0 Å². The maximum Gasteiger partial charge on any atom is 0.191 e. The molecule has 7 heteroatoms. The molecule has 0 radical (unpaired) electrons. The fourth-order valence-corrected chi connectivity index (χ4v) is 3.72. The third kappa shape index (κ3) is 5.92. The Morgan fingerprint density at radius 3 is 2.79 bits per heavy atom. The Morgan fingerprint density at radius 1 is 1.29 bits per heavy atom. The summed E-state index contributed by atoms with van der Waals surface area (Å²) in [5, 5.41) is 6.85. The van der Waals surface area contributed by atoms with Crippen molar-refractivity contribution in [1.82, 2.24) is 15.6 Å². The van der Waals surface area contributed by atoms with Gasteiger partial charge in [0.15, 0.2) is 5.96 Å². The average Bonchev–Trinajstić information content (AvgIpc) is 2.72. The molecule has 1 aromatic carbocycles. The number of aliphatic imine (C=N–C) groups is 1. The molecule has 2 N–H and O–H groups in total. The monoisotopic (exact) mass is 447 g/mol. The van der Waals surface area contributed by atoms with Crippen molar-refractivity contribution in [1.29, 1.82) is 0 Å². The lowest BCUT2D eigenvalue weighted by Crippen LogP contribution is -2.49. The van der Waals surface area contributed by atoms with Crippen LogP contribution in [0.2, 0.25) is 0 Å². The highest BCUT2D eigenvalue weighted by molar-refractivity contribution is 9.10. The molecule has 1 fully saturated rings. The van der Waals surface area contributed by atoms with Gasteiger partial charge in [-0.25, -0.2) is 9.37 Å². The first kappa shape index (κ1) is 20.6. The molecule has 0 amide bonds. The molecule has 28 heavy (non-hydrogen) atoms. The van der Waals surface area contributed by atoms with Gasteiger partial charge in [-0.1, -0.05) is 28.1 Å². The summed E-state index contributed by atoms with van der Waals surface area (Å²) in [6.07, 6.45) is 5.47. The van der Waals surface area contributed by atoms with E-state index >= 15 is 0 Å². The van der Waals surface area contributed by atoms with E-state index in [0.29, 0.717) is 12.5 Å². The first-order chi connectivity index (χ1) is 13.7. The topological polar surface area (TPSA) is 52.6 Å². The van der Waals surface area contributed by atoms with Crippen molar-refractivity contribution in [2.24, 2.45) is 4.99 Å².